The summed E-state index contributed by atoms with van der Waals surface area (Å²) in [5.41, 5.74) is 1.24. The van der Waals surface area contributed by atoms with Gasteiger partial charge in [0.05, 0.1) is 6.61 Å². The van der Waals surface area contributed by atoms with Gasteiger partial charge in [-0.3, -0.25) is 4.79 Å². The number of nitrogens with one attached hydrogen (secondary N) is 1. The van der Waals surface area contributed by atoms with E-state index in [0.29, 0.717) is 6.54 Å². The molecule has 0 unspecified atom stereocenters. The fourth-order valence-electron chi connectivity index (χ4n) is 2.33. The molecule has 2 rings (SSSR count). The van der Waals surface area contributed by atoms with Gasteiger partial charge in [0.15, 0.2) is 0 Å². The van der Waals surface area contributed by atoms with Gasteiger partial charge in [-0.2, -0.15) is 0 Å². The zero-order valence-corrected chi connectivity index (χ0v) is 12.8. The quantitative estimate of drug-likeness (QED) is 0.788. The topological polar surface area (TPSA) is 38.3 Å². The van der Waals surface area contributed by atoms with E-state index < -0.39 is 0 Å². The van der Waals surface area contributed by atoms with E-state index in [2.05, 4.69) is 42.6 Å². The standard InChI is InChI=1S/C18H23NO2/c1-3-4-12-21-17-9-8-15-6-5-7-16(18(15)13-17)10-11-19-14(2)20/h5-9,13H,3-4,10-12H2,1-2H3,(H,19,20). The largest absolute Gasteiger partial charge is 0.494 e. The van der Waals surface area contributed by atoms with Crippen LogP contribution in [0.15, 0.2) is 36.4 Å². The summed E-state index contributed by atoms with van der Waals surface area (Å²) in [4.78, 5) is 11.0. The summed E-state index contributed by atoms with van der Waals surface area (Å²) >= 11 is 0. The highest BCUT2D eigenvalue weighted by Gasteiger charge is 2.03. The number of amides is 1. The maximum absolute atomic E-state index is 11.0. The maximum Gasteiger partial charge on any atom is 0.216 e. The third-order valence-corrected chi connectivity index (χ3v) is 3.48. The molecule has 3 nitrogen and oxygen atoms in total. The predicted molar refractivity (Wildman–Crippen MR) is 86.7 cm³/mol. The van der Waals surface area contributed by atoms with Crippen LogP contribution in [0.2, 0.25) is 0 Å². The van der Waals surface area contributed by atoms with Gasteiger partial charge in [0.1, 0.15) is 5.75 Å². The van der Waals surface area contributed by atoms with Crippen LogP contribution in [0.4, 0.5) is 0 Å². The molecule has 0 bridgehead atoms. The number of carbonyl (C=O) groups excluding carboxylic acids is 1. The van der Waals surface area contributed by atoms with Crippen LogP contribution in [0.1, 0.15) is 32.3 Å². The molecule has 0 radical (unpaired) electrons. The predicted octanol–water partition coefficient (Wildman–Crippen LogP) is 3.70. The molecule has 1 amide bonds. The summed E-state index contributed by atoms with van der Waals surface area (Å²) in [6.45, 7) is 5.12. The molecule has 0 spiro atoms. The number of ether oxygens (including phenoxy) is 1. The molecular weight excluding hydrogens is 262 g/mol. The first-order valence-electron chi connectivity index (χ1n) is 7.59. The number of hydrogen-bond donors (Lipinski definition) is 1. The van der Waals surface area contributed by atoms with Gasteiger partial charge in [0, 0.05) is 13.5 Å². The van der Waals surface area contributed by atoms with E-state index in [1.54, 1.807) is 6.92 Å². The maximum atomic E-state index is 11.0. The van der Waals surface area contributed by atoms with E-state index in [4.69, 9.17) is 4.74 Å². The second kappa shape index (κ2) is 7.67. The number of rotatable bonds is 7. The van der Waals surface area contributed by atoms with Crippen LogP contribution in [-0.4, -0.2) is 19.1 Å². The lowest BCUT2D eigenvalue weighted by atomic mass is 10.0. The number of carbonyl (C=O) groups is 1. The van der Waals surface area contributed by atoms with Gasteiger partial charge in [0.2, 0.25) is 5.91 Å². The molecule has 3 heteroatoms. The molecule has 0 saturated carbocycles. The number of hydrogen-bond acceptors (Lipinski definition) is 2. The SMILES string of the molecule is CCCCOc1ccc2cccc(CCNC(C)=O)c2c1. The van der Waals surface area contributed by atoms with Gasteiger partial charge >= 0.3 is 0 Å². The Kier molecular flexibility index (Phi) is 5.61. The molecule has 0 heterocycles. The lowest BCUT2D eigenvalue weighted by Gasteiger charge is -2.10. The molecule has 0 fully saturated rings. The van der Waals surface area contributed by atoms with Crippen molar-refractivity contribution < 1.29 is 9.53 Å². The van der Waals surface area contributed by atoms with Crippen molar-refractivity contribution in [3.63, 3.8) is 0 Å². The fraction of sp³-hybridized carbons (Fsp3) is 0.389. The minimum Gasteiger partial charge on any atom is -0.494 e. The molecule has 0 aromatic heterocycles. The summed E-state index contributed by atoms with van der Waals surface area (Å²) < 4.78 is 5.78. The highest BCUT2D eigenvalue weighted by atomic mass is 16.5. The molecule has 2 aromatic carbocycles. The molecule has 1 N–H and O–H groups in total. The summed E-state index contributed by atoms with van der Waals surface area (Å²) in [5, 5.41) is 5.26. The van der Waals surface area contributed by atoms with Gasteiger partial charge in [-0.1, -0.05) is 37.6 Å². The summed E-state index contributed by atoms with van der Waals surface area (Å²) in [5.74, 6) is 0.932. The first kappa shape index (κ1) is 15.4. The van der Waals surface area contributed by atoms with Crippen molar-refractivity contribution in [3.8, 4) is 5.75 Å². The monoisotopic (exact) mass is 285 g/mol. The molecule has 0 aliphatic rings. The van der Waals surface area contributed by atoms with Gasteiger partial charge in [-0.05, 0) is 41.3 Å². The molecule has 0 saturated heterocycles. The van der Waals surface area contributed by atoms with Crippen molar-refractivity contribution in [1.82, 2.24) is 5.32 Å². The van der Waals surface area contributed by atoms with Crippen molar-refractivity contribution in [2.45, 2.75) is 33.1 Å². The van der Waals surface area contributed by atoms with E-state index in [0.717, 1.165) is 31.6 Å². The van der Waals surface area contributed by atoms with Gasteiger partial charge in [-0.15, -0.1) is 0 Å². The fourth-order valence-corrected chi connectivity index (χ4v) is 2.33. The Balaban J connectivity index is 2.15. The second-order valence-electron chi connectivity index (χ2n) is 5.24. The Labute approximate surface area is 126 Å². The molecule has 0 aliphatic carbocycles. The number of benzene rings is 2. The Morgan fingerprint density at radius 2 is 2.10 bits per heavy atom. The minimum atomic E-state index is 0.0128. The Bertz CT molecular complexity index is 607. The second-order valence-corrected chi connectivity index (χ2v) is 5.24. The number of fused-ring (bicyclic) bond motifs is 1. The van der Waals surface area contributed by atoms with Crippen LogP contribution in [-0.2, 0) is 11.2 Å². The highest BCUT2D eigenvalue weighted by molar-refractivity contribution is 5.87. The van der Waals surface area contributed by atoms with Crippen LogP contribution in [0.5, 0.6) is 5.75 Å². The highest BCUT2D eigenvalue weighted by Crippen LogP contribution is 2.24. The third kappa shape index (κ3) is 4.48. The summed E-state index contributed by atoms with van der Waals surface area (Å²) in [7, 11) is 0. The van der Waals surface area contributed by atoms with Crippen LogP contribution < -0.4 is 10.1 Å². The van der Waals surface area contributed by atoms with E-state index in [-0.39, 0.29) is 5.91 Å². The molecule has 112 valence electrons. The van der Waals surface area contributed by atoms with Gasteiger partial charge in [0.25, 0.3) is 0 Å². The molecule has 2 aromatic rings. The smallest absolute Gasteiger partial charge is 0.216 e. The molecule has 0 atom stereocenters. The zero-order valence-electron chi connectivity index (χ0n) is 12.8. The van der Waals surface area contributed by atoms with Gasteiger partial charge < -0.3 is 10.1 Å². The van der Waals surface area contributed by atoms with Crippen LogP contribution in [0, 0.1) is 0 Å². The molecule has 21 heavy (non-hydrogen) atoms. The van der Waals surface area contributed by atoms with E-state index >= 15 is 0 Å². The van der Waals surface area contributed by atoms with Crippen molar-refractivity contribution in [3.05, 3.63) is 42.0 Å². The van der Waals surface area contributed by atoms with E-state index in [9.17, 15) is 4.79 Å². The summed E-state index contributed by atoms with van der Waals surface area (Å²) in [6.07, 6.45) is 3.03. The lowest BCUT2D eigenvalue weighted by molar-refractivity contribution is -0.118. The van der Waals surface area contributed by atoms with Crippen LogP contribution >= 0.6 is 0 Å². The van der Waals surface area contributed by atoms with Gasteiger partial charge in [-0.25, -0.2) is 0 Å². The van der Waals surface area contributed by atoms with Crippen LogP contribution in [0.3, 0.4) is 0 Å². The zero-order chi connectivity index (χ0) is 15.1. The Hall–Kier alpha value is -2.03. The number of unbranched alkanes of at least 4 members (excludes halogenated alkanes) is 1. The van der Waals surface area contributed by atoms with Crippen molar-refractivity contribution in [2.24, 2.45) is 0 Å². The average molecular weight is 285 g/mol. The van der Waals surface area contributed by atoms with Crippen LogP contribution in [0.25, 0.3) is 10.8 Å². The molecule has 0 aliphatic heterocycles. The van der Waals surface area contributed by atoms with E-state index in [1.807, 2.05) is 6.07 Å². The van der Waals surface area contributed by atoms with Crippen molar-refractivity contribution in [1.29, 1.82) is 0 Å². The van der Waals surface area contributed by atoms with E-state index in [1.165, 1.54) is 16.3 Å². The first-order valence-corrected chi connectivity index (χ1v) is 7.59. The summed E-state index contributed by atoms with van der Waals surface area (Å²) in [6, 6.07) is 12.5. The minimum absolute atomic E-state index is 0.0128. The van der Waals surface area contributed by atoms with Crippen molar-refractivity contribution >= 4 is 16.7 Å². The van der Waals surface area contributed by atoms with Crippen molar-refractivity contribution in [2.75, 3.05) is 13.2 Å². The Morgan fingerprint density at radius 3 is 2.86 bits per heavy atom. The Morgan fingerprint density at radius 1 is 1.24 bits per heavy atom. The first-order chi connectivity index (χ1) is 10.2. The third-order valence-electron chi connectivity index (χ3n) is 3.48. The average Bonchev–Trinajstić information content (AvgIpc) is 2.47. The lowest BCUT2D eigenvalue weighted by Crippen LogP contribution is -2.22. The normalized spacial score (nSPS) is 10.6. The molecular formula is C18H23NO2.